The van der Waals surface area contributed by atoms with Crippen molar-refractivity contribution in [1.29, 1.82) is 0 Å². The van der Waals surface area contributed by atoms with Crippen LogP contribution in [0.15, 0.2) is 43.1 Å². The number of rotatable bonds is 3. The normalized spacial score (nSPS) is 15.5. The average molecular weight is 335 g/mol. The SMILES string of the molecule is Cc1cc2c(cc1C)[C@H](C(=O)Nc1cncnc1-n1cccn1)CO2. The fourth-order valence-electron chi connectivity index (χ4n) is 2.90. The summed E-state index contributed by atoms with van der Waals surface area (Å²) < 4.78 is 7.29. The van der Waals surface area contributed by atoms with Crippen molar-refractivity contribution in [3.8, 4) is 11.6 Å². The summed E-state index contributed by atoms with van der Waals surface area (Å²) in [5.74, 6) is 0.789. The van der Waals surface area contributed by atoms with E-state index in [1.807, 2.05) is 26.0 Å². The molecule has 0 spiro atoms. The molecule has 1 atom stereocenters. The van der Waals surface area contributed by atoms with E-state index in [0.717, 1.165) is 22.4 Å². The van der Waals surface area contributed by atoms with Crippen molar-refractivity contribution in [2.75, 3.05) is 11.9 Å². The van der Waals surface area contributed by atoms with Gasteiger partial charge in [0.25, 0.3) is 0 Å². The Morgan fingerprint density at radius 3 is 2.96 bits per heavy atom. The van der Waals surface area contributed by atoms with Gasteiger partial charge in [-0.1, -0.05) is 6.07 Å². The van der Waals surface area contributed by atoms with Gasteiger partial charge in [-0.15, -0.1) is 0 Å². The van der Waals surface area contributed by atoms with Gasteiger partial charge in [0.2, 0.25) is 5.91 Å². The minimum Gasteiger partial charge on any atom is -0.492 e. The minimum absolute atomic E-state index is 0.148. The Bertz CT molecular complexity index is 937. The third kappa shape index (κ3) is 2.73. The molecule has 4 rings (SSSR count). The Labute approximate surface area is 144 Å². The number of hydrogen-bond acceptors (Lipinski definition) is 5. The van der Waals surface area contributed by atoms with Gasteiger partial charge in [-0.3, -0.25) is 4.79 Å². The third-order valence-corrected chi connectivity index (χ3v) is 4.39. The van der Waals surface area contributed by atoms with Crippen molar-refractivity contribution in [3.63, 3.8) is 0 Å². The first-order valence-electron chi connectivity index (χ1n) is 7.98. The fourth-order valence-corrected chi connectivity index (χ4v) is 2.90. The highest BCUT2D eigenvalue weighted by molar-refractivity contribution is 5.98. The molecule has 0 fully saturated rings. The molecule has 1 aliphatic heterocycles. The van der Waals surface area contributed by atoms with Gasteiger partial charge in [-0.2, -0.15) is 5.10 Å². The van der Waals surface area contributed by atoms with Gasteiger partial charge >= 0.3 is 0 Å². The monoisotopic (exact) mass is 335 g/mol. The van der Waals surface area contributed by atoms with Crippen LogP contribution in [0.2, 0.25) is 0 Å². The van der Waals surface area contributed by atoms with Crippen LogP contribution >= 0.6 is 0 Å². The molecular weight excluding hydrogens is 318 g/mol. The Hall–Kier alpha value is -3.22. The number of nitrogens with one attached hydrogen (secondary N) is 1. The number of carbonyl (C=O) groups is 1. The van der Waals surface area contributed by atoms with Gasteiger partial charge in [0.05, 0.1) is 6.20 Å². The zero-order chi connectivity index (χ0) is 17.4. The Morgan fingerprint density at radius 2 is 2.16 bits per heavy atom. The highest BCUT2D eigenvalue weighted by Gasteiger charge is 2.31. The summed E-state index contributed by atoms with van der Waals surface area (Å²) in [4.78, 5) is 21.0. The molecule has 0 radical (unpaired) electrons. The lowest BCUT2D eigenvalue weighted by Gasteiger charge is -2.13. The first-order chi connectivity index (χ1) is 12.1. The molecular formula is C18H17N5O2. The first kappa shape index (κ1) is 15.3. The maximum absolute atomic E-state index is 12.8. The molecule has 3 heterocycles. The maximum Gasteiger partial charge on any atom is 0.235 e. The summed E-state index contributed by atoms with van der Waals surface area (Å²) in [6, 6.07) is 5.80. The zero-order valence-corrected chi connectivity index (χ0v) is 13.9. The summed E-state index contributed by atoms with van der Waals surface area (Å²) in [7, 11) is 0. The largest absolute Gasteiger partial charge is 0.492 e. The lowest BCUT2D eigenvalue weighted by atomic mass is 9.96. The standard InChI is InChI=1S/C18H17N5O2/c1-11-6-13-14(9-25-16(13)7-12(11)2)18(24)22-15-8-19-10-20-17(15)23-5-3-4-21-23/h3-8,10,14H,9H2,1-2H3,(H,22,24)/t14-/m1/s1. The lowest BCUT2D eigenvalue weighted by Crippen LogP contribution is -2.23. The van der Waals surface area contributed by atoms with Gasteiger partial charge in [0.1, 0.15) is 30.3 Å². The summed E-state index contributed by atoms with van der Waals surface area (Å²) in [6.45, 7) is 4.39. The second-order valence-electron chi connectivity index (χ2n) is 6.04. The van der Waals surface area contributed by atoms with E-state index in [0.29, 0.717) is 18.1 Å². The first-order valence-corrected chi connectivity index (χ1v) is 7.98. The van der Waals surface area contributed by atoms with Crippen molar-refractivity contribution in [1.82, 2.24) is 19.7 Å². The number of anilines is 1. The molecule has 1 aromatic carbocycles. The van der Waals surface area contributed by atoms with E-state index in [4.69, 9.17) is 4.74 Å². The number of aryl methyl sites for hydroxylation is 2. The van der Waals surface area contributed by atoms with Crippen LogP contribution in [0.25, 0.3) is 5.82 Å². The third-order valence-electron chi connectivity index (χ3n) is 4.39. The zero-order valence-electron chi connectivity index (χ0n) is 13.9. The van der Waals surface area contributed by atoms with Crippen molar-refractivity contribution >= 4 is 11.6 Å². The van der Waals surface area contributed by atoms with E-state index in [-0.39, 0.29) is 11.8 Å². The van der Waals surface area contributed by atoms with Gasteiger partial charge in [0.15, 0.2) is 5.82 Å². The predicted octanol–water partition coefficient (Wildman–Crippen LogP) is 2.39. The fraction of sp³-hybridized carbons (Fsp3) is 0.222. The number of aromatic nitrogens is 4. The van der Waals surface area contributed by atoms with Crippen LogP contribution in [0, 0.1) is 13.8 Å². The smallest absolute Gasteiger partial charge is 0.235 e. The van der Waals surface area contributed by atoms with Crippen LogP contribution in [0.5, 0.6) is 5.75 Å². The van der Waals surface area contributed by atoms with Gasteiger partial charge in [-0.05, 0) is 37.1 Å². The number of fused-ring (bicyclic) bond motifs is 1. The molecule has 1 amide bonds. The van der Waals surface area contributed by atoms with Gasteiger partial charge in [-0.25, -0.2) is 14.6 Å². The molecule has 0 saturated carbocycles. The molecule has 25 heavy (non-hydrogen) atoms. The molecule has 1 aliphatic rings. The number of carbonyl (C=O) groups excluding carboxylic acids is 1. The molecule has 3 aromatic rings. The van der Waals surface area contributed by atoms with E-state index in [1.54, 1.807) is 29.3 Å². The number of nitrogens with zero attached hydrogens (tertiary/aromatic N) is 4. The Kier molecular flexibility index (Phi) is 3.68. The Morgan fingerprint density at radius 1 is 1.32 bits per heavy atom. The van der Waals surface area contributed by atoms with Crippen molar-refractivity contribution in [3.05, 3.63) is 59.8 Å². The van der Waals surface area contributed by atoms with Crippen LogP contribution < -0.4 is 10.1 Å². The second kappa shape index (κ2) is 6.01. The minimum atomic E-state index is -0.361. The highest BCUT2D eigenvalue weighted by Crippen LogP contribution is 2.36. The second-order valence-corrected chi connectivity index (χ2v) is 6.04. The summed E-state index contributed by atoms with van der Waals surface area (Å²) in [5.41, 5.74) is 3.71. The van der Waals surface area contributed by atoms with Crippen LogP contribution in [0.1, 0.15) is 22.6 Å². The van der Waals surface area contributed by atoms with Crippen LogP contribution in [0.3, 0.4) is 0 Å². The molecule has 7 nitrogen and oxygen atoms in total. The predicted molar refractivity (Wildman–Crippen MR) is 91.9 cm³/mol. The molecule has 0 bridgehead atoms. The number of ether oxygens (including phenoxy) is 1. The quantitative estimate of drug-likeness (QED) is 0.795. The number of amides is 1. The molecule has 2 aromatic heterocycles. The topological polar surface area (TPSA) is 81.9 Å². The summed E-state index contributed by atoms with van der Waals surface area (Å²) in [5, 5.41) is 7.07. The van der Waals surface area contributed by atoms with Crippen molar-refractivity contribution in [2.24, 2.45) is 0 Å². The lowest BCUT2D eigenvalue weighted by molar-refractivity contribution is -0.117. The molecule has 0 unspecified atom stereocenters. The van der Waals surface area contributed by atoms with Crippen LogP contribution in [0.4, 0.5) is 5.69 Å². The Balaban J connectivity index is 1.62. The van der Waals surface area contributed by atoms with E-state index < -0.39 is 0 Å². The van der Waals surface area contributed by atoms with E-state index in [9.17, 15) is 4.79 Å². The van der Waals surface area contributed by atoms with Crippen molar-refractivity contribution < 1.29 is 9.53 Å². The average Bonchev–Trinajstić information content (AvgIpc) is 3.26. The van der Waals surface area contributed by atoms with Crippen LogP contribution in [-0.2, 0) is 4.79 Å². The molecule has 0 saturated heterocycles. The van der Waals surface area contributed by atoms with E-state index >= 15 is 0 Å². The van der Waals surface area contributed by atoms with E-state index in [1.165, 1.54) is 6.33 Å². The summed E-state index contributed by atoms with van der Waals surface area (Å²) >= 11 is 0. The summed E-state index contributed by atoms with van der Waals surface area (Å²) in [6.07, 6.45) is 6.41. The van der Waals surface area contributed by atoms with Crippen LogP contribution in [-0.4, -0.2) is 32.3 Å². The maximum atomic E-state index is 12.8. The molecule has 7 heteroatoms. The van der Waals surface area contributed by atoms with Crippen molar-refractivity contribution in [2.45, 2.75) is 19.8 Å². The molecule has 0 aliphatic carbocycles. The number of benzene rings is 1. The van der Waals surface area contributed by atoms with E-state index in [2.05, 4.69) is 20.4 Å². The molecule has 1 N–H and O–H groups in total. The number of hydrogen-bond donors (Lipinski definition) is 1. The molecule has 126 valence electrons. The van der Waals surface area contributed by atoms with Gasteiger partial charge in [0, 0.05) is 18.0 Å². The highest BCUT2D eigenvalue weighted by atomic mass is 16.5. The van der Waals surface area contributed by atoms with Gasteiger partial charge < -0.3 is 10.1 Å².